The summed E-state index contributed by atoms with van der Waals surface area (Å²) >= 11 is 0. The Kier molecular flexibility index (Phi) is 6.13. The first-order chi connectivity index (χ1) is 13.5. The van der Waals surface area contributed by atoms with Gasteiger partial charge in [0.2, 0.25) is 0 Å². The van der Waals surface area contributed by atoms with Crippen LogP contribution in [-0.2, 0) is 14.3 Å². The third-order valence-electron chi connectivity index (χ3n) is 4.90. The Morgan fingerprint density at radius 1 is 1.14 bits per heavy atom. The van der Waals surface area contributed by atoms with Crippen molar-refractivity contribution in [3.63, 3.8) is 0 Å². The van der Waals surface area contributed by atoms with E-state index in [1.807, 2.05) is 18.2 Å². The van der Waals surface area contributed by atoms with Crippen molar-refractivity contribution in [2.24, 2.45) is 5.92 Å². The molecule has 0 bridgehead atoms. The van der Waals surface area contributed by atoms with Gasteiger partial charge in [0, 0.05) is 31.9 Å². The zero-order valence-corrected chi connectivity index (χ0v) is 15.7. The van der Waals surface area contributed by atoms with E-state index in [1.54, 1.807) is 17.0 Å². The molecular weight excluding hydrogens is 364 g/mol. The summed E-state index contributed by atoms with van der Waals surface area (Å²) in [6.07, 6.45) is -0.0889. The van der Waals surface area contributed by atoms with Gasteiger partial charge in [0.1, 0.15) is 0 Å². The number of nitrogens with zero attached hydrogens (tertiary/aromatic N) is 2. The molecule has 3 rings (SSSR count). The Hall–Kier alpha value is -3.10. The Morgan fingerprint density at radius 3 is 2.43 bits per heavy atom. The number of piperidine rings is 1. The number of ether oxygens (including phenoxy) is 1. The van der Waals surface area contributed by atoms with Crippen LogP contribution in [0.4, 0.5) is 15.3 Å². The molecule has 2 aliphatic heterocycles. The lowest BCUT2D eigenvalue weighted by Gasteiger charge is -2.31. The smallest absolute Gasteiger partial charge is 0.324 e. The van der Waals surface area contributed by atoms with Crippen LogP contribution in [0.25, 0.3) is 0 Å². The molecule has 1 atom stereocenters. The van der Waals surface area contributed by atoms with Gasteiger partial charge in [-0.1, -0.05) is 18.2 Å². The van der Waals surface area contributed by atoms with E-state index < -0.39 is 24.0 Å². The topological polar surface area (TPSA) is 108 Å². The first-order valence-electron chi connectivity index (χ1n) is 9.36. The fourth-order valence-corrected chi connectivity index (χ4v) is 3.26. The van der Waals surface area contributed by atoms with Gasteiger partial charge in [0.05, 0.1) is 5.92 Å². The van der Waals surface area contributed by atoms with Crippen molar-refractivity contribution in [1.82, 2.24) is 15.1 Å². The summed E-state index contributed by atoms with van der Waals surface area (Å²) in [6.45, 7) is 2.99. The fourth-order valence-electron chi connectivity index (χ4n) is 3.26. The van der Waals surface area contributed by atoms with Gasteiger partial charge in [-0.05, 0) is 31.9 Å². The van der Waals surface area contributed by atoms with E-state index in [0.29, 0.717) is 38.2 Å². The van der Waals surface area contributed by atoms with Crippen molar-refractivity contribution in [2.75, 3.05) is 31.5 Å². The number of urea groups is 2. The number of amides is 5. The van der Waals surface area contributed by atoms with Gasteiger partial charge in [-0.3, -0.25) is 14.5 Å². The normalized spacial score (nSPS) is 18.4. The van der Waals surface area contributed by atoms with Crippen molar-refractivity contribution in [3.8, 4) is 0 Å². The summed E-state index contributed by atoms with van der Waals surface area (Å²) in [5, 5.41) is 5.36. The Labute approximate surface area is 163 Å². The second-order valence-corrected chi connectivity index (χ2v) is 6.86. The molecule has 0 aromatic heterocycles. The number of likely N-dealkylation sites (tertiary alicyclic amines) is 1. The number of carbonyl (C=O) groups is 4. The minimum Gasteiger partial charge on any atom is -0.452 e. The van der Waals surface area contributed by atoms with E-state index >= 15 is 0 Å². The maximum absolute atomic E-state index is 12.4. The predicted molar refractivity (Wildman–Crippen MR) is 100 cm³/mol. The van der Waals surface area contributed by atoms with Crippen LogP contribution in [-0.4, -0.2) is 66.0 Å². The largest absolute Gasteiger partial charge is 0.452 e. The molecule has 2 heterocycles. The molecule has 0 spiro atoms. The summed E-state index contributed by atoms with van der Waals surface area (Å²) in [5.41, 5.74) is 0.715. The lowest BCUT2D eigenvalue weighted by molar-refractivity contribution is -0.162. The van der Waals surface area contributed by atoms with E-state index in [0.717, 1.165) is 4.90 Å². The molecule has 2 fully saturated rings. The Bertz CT molecular complexity index is 746. The molecule has 2 saturated heterocycles. The monoisotopic (exact) mass is 388 g/mol. The summed E-state index contributed by atoms with van der Waals surface area (Å²) in [5.74, 6) is -1.37. The number of esters is 1. The lowest BCUT2D eigenvalue weighted by atomic mass is 9.97. The number of hydrogen-bond acceptors (Lipinski definition) is 5. The molecule has 5 amide bonds. The van der Waals surface area contributed by atoms with Gasteiger partial charge in [0.15, 0.2) is 6.10 Å². The van der Waals surface area contributed by atoms with E-state index in [1.165, 1.54) is 6.92 Å². The minimum absolute atomic E-state index is 0.207. The number of imide groups is 1. The Balaban J connectivity index is 1.45. The predicted octanol–water partition coefficient (Wildman–Crippen LogP) is 1.41. The van der Waals surface area contributed by atoms with Gasteiger partial charge in [-0.25, -0.2) is 9.59 Å². The molecule has 0 aliphatic carbocycles. The second-order valence-electron chi connectivity index (χ2n) is 6.86. The maximum Gasteiger partial charge on any atom is 0.324 e. The minimum atomic E-state index is -1.02. The zero-order valence-electron chi connectivity index (χ0n) is 15.7. The van der Waals surface area contributed by atoms with Crippen LogP contribution in [0.15, 0.2) is 30.3 Å². The lowest BCUT2D eigenvalue weighted by Crippen LogP contribution is -2.45. The highest BCUT2D eigenvalue weighted by Gasteiger charge is 2.34. The summed E-state index contributed by atoms with van der Waals surface area (Å²) in [7, 11) is 0. The van der Waals surface area contributed by atoms with Gasteiger partial charge < -0.3 is 20.3 Å². The quantitative estimate of drug-likeness (QED) is 0.759. The van der Waals surface area contributed by atoms with E-state index in [9.17, 15) is 19.2 Å². The molecule has 28 heavy (non-hydrogen) atoms. The molecule has 2 aliphatic rings. The first-order valence-corrected chi connectivity index (χ1v) is 9.36. The zero-order chi connectivity index (χ0) is 20.1. The van der Waals surface area contributed by atoms with E-state index in [-0.39, 0.29) is 18.5 Å². The third-order valence-corrected chi connectivity index (χ3v) is 4.90. The van der Waals surface area contributed by atoms with Crippen LogP contribution in [0, 0.1) is 5.92 Å². The highest BCUT2D eigenvalue weighted by atomic mass is 16.5. The molecule has 9 nitrogen and oxygen atoms in total. The van der Waals surface area contributed by atoms with Gasteiger partial charge >= 0.3 is 18.0 Å². The van der Waals surface area contributed by atoms with Crippen LogP contribution in [0.2, 0.25) is 0 Å². The summed E-state index contributed by atoms with van der Waals surface area (Å²) in [4.78, 5) is 51.1. The van der Waals surface area contributed by atoms with Crippen LogP contribution in [0.5, 0.6) is 0 Å². The third kappa shape index (κ3) is 4.59. The summed E-state index contributed by atoms with van der Waals surface area (Å²) in [6, 6.07) is 8.49. The van der Waals surface area contributed by atoms with E-state index in [4.69, 9.17) is 4.74 Å². The number of nitrogens with one attached hydrogen (secondary N) is 2. The van der Waals surface area contributed by atoms with Crippen LogP contribution in [0.1, 0.15) is 19.8 Å². The molecule has 1 aromatic carbocycles. The number of rotatable bonds is 4. The number of benzene rings is 1. The maximum atomic E-state index is 12.4. The molecule has 1 unspecified atom stereocenters. The van der Waals surface area contributed by atoms with Crippen LogP contribution in [0.3, 0.4) is 0 Å². The van der Waals surface area contributed by atoms with Gasteiger partial charge in [0.25, 0.3) is 5.91 Å². The van der Waals surface area contributed by atoms with Crippen molar-refractivity contribution in [2.45, 2.75) is 25.9 Å². The van der Waals surface area contributed by atoms with E-state index in [2.05, 4.69) is 10.6 Å². The SMILES string of the molecule is CC(OC(=O)C1CCN(C(=O)Nc2ccccc2)CC1)C(=O)N1CCNC1=O. The van der Waals surface area contributed by atoms with Gasteiger partial charge in [-0.15, -0.1) is 0 Å². The summed E-state index contributed by atoms with van der Waals surface area (Å²) < 4.78 is 5.27. The number of carbonyl (C=O) groups excluding carboxylic acids is 4. The Morgan fingerprint density at radius 2 is 1.82 bits per heavy atom. The molecule has 9 heteroatoms. The highest BCUT2D eigenvalue weighted by Crippen LogP contribution is 2.20. The van der Waals surface area contributed by atoms with Crippen LogP contribution >= 0.6 is 0 Å². The molecule has 1 aromatic rings. The average molecular weight is 388 g/mol. The van der Waals surface area contributed by atoms with Crippen molar-refractivity contribution in [3.05, 3.63) is 30.3 Å². The van der Waals surface area contributed by atoms with Crippen molar-refractivity contribution >= 4 is 29.6 Å². The number of hydrogen-bond donors (Lipinski definition) is 2. The highest BCUT2D eigenvalue weighted by molar-refractivity contribution is 5.98. The molecule has 0 saturated carbocycles. The number of anilines is 1. The molecule has 150 valence electrons. The van der Waals surface area contributed by atoms with Crippen molar-refractivity contribution in [1.29, 1.82) is 0 Å². The first kappa shape index (κ1) is 19.7. The second kappa shape index (κ2) is 8.73. The fraction of sp³-hybridized carbons (Fsp3) is 0.474. The molecule has 2 N–H and O–H groups in total. The standard InChI is InChI=1S/C19H24N4O5/c1-13(16(24)23-12-9-20-18(23)26)28-17(25)14-7-10-22(11-8-14)19(27)21-15-5-3-2-4-6-15/h2-6,13-14H,7-12H2,1H3,(H,20,26)(H,21,27). The average Bonchev–Trinajstić information content (AvgIpc) is 3.14. The van der Waals surface area contributed by atoms with Crippen molar-refractivity contribution < 1.29 is 23.9 Å². The number of para-hydroxylation sites is 1. The molecular formula is C19H24N4O5. The van der Waals surface area contributed by atoms with Crippen LogP contribution < -0.4 is 10.6 Å². The van der Waals surface area contributed by atoms with Gasteiger partial charge in [-0.2, -0.15) is 0 Å². The molecule has 0 radical (unpaired) electrons.